The molecule has 2 heterocycles. The first-order valence-electron chi connectivity index (χ1n) is 6.62. The largest absolute Gasteiger partial charge is 0.369 e. The summed E-state index contributed by atoms with van der Waals surface area (Å²) >= 11 is 0. The summed E-state index contributed by atoms with van der Waals surface area (Å²) in [5.74, 6) is 1.04. The fourth-order valence-corrected chi connectivity index (χ4v) is 3.23. The quantitative estimate of drug-likeness (QED) is 0.881. The molecular weight excluding hydrogens is 262 g/mol. The van der Waals surface area contributed by atoms with Crippen molar-refractivity contribution in [3.63, 3.8) is 0 Å². The Labute approximate surface area is 114 Å². The van der Waals surface area contributed by atoms with Crippen LogP contribution >= 0.6 is 0 Å². The lowest BCUT2D eigenvalue weighted by molar-refractivity contribution is 0.345. The van der Waals surface area contributed by atoms with Crippen LogP contribution in [0.15, 0.2) is 23.2 Å². The van der Waals surface area contributed by atoms with E-state index in [1.54, 1.807) is 18.3 Å². The van der Waals surface area contributed by atoms with Crippen LogP contribution in [0.5, 0.6) is 0 Å². The minimum Gasteiger partial charge on any atom is -0.369 e. The van der Waals surface area contributed by atoms with Crippen molar-refractivity contribution in [1.82, 2.24) is 9.88 Å². The van der Waals surface area contributed by atoms with Crippen molar-refractivity contribution in [2.75, 3.05) is 37.8 Å². The molecule has 1 N–H and O–H groups in total. The second-order valence-electron chi connectivity index (χ2n) is 5.05. The van der Waals surface area contributed by atoms with Gasteiger partial charge in [-0.1, -0.05) is 6.92 Å². The number of hydrogen-bond acceptors (Lipinski definition) is 5. The van der Waals surface area contributed by atoms with Gasteiger partial charge in [0, 0.05) is 25.5 Å². The van der Waals surface area contributed by atoms with Crippen LogP contribution in [0.3, 0.4) is 0 Å². The zero-order chi connectivity index (χ0) is 13.9. The van der Waals surface area contributed by atoms with Crippen molar-refractivity contribution < 1.29 is 8.42 Å². The van der Waals surface area contributed by atoms with Crippen molar-refractivity contribution in [3.8, 4) is 0 Å². The predicted molar refractivity (Wildman–Crippen MR) is 76.1 cm³/mol. The molecular formula is C13H21N3O2S. The maximum Gasteiger partial charge on any atom is 0.179 e. The normalized spacial score (nSPS) is 20.6. The summed E-state index contributed by atoms with van der Waals surface area (Å²) in [6, 6.07) is 3.24. The van der Waals surface area contributed by atoms with E-state index < -0.39 is 9.84 Å². The number of rotatable bonds is 5. The van der Waals surface area contributed by atoms with E-state index in [2.05, 4.69) is 22.1 Å². The van der Waals surface area contributed by atoms with Crippen LogP contribution in [-0.2, 0) is 9.84 Å². The van der Waals surface area contributed by atoms with E-state index >= 15 is 0 Å². The Morgan fingerprint density at radius 3 is 2.95 bits per heavy atom. The number of anilines is 1. The van der Waals surface area contributed by atoms with Gasteiger partial charge in [-0.15, -0.1) is 0 Å². The van der Waals surface area contributed by atoms with Gasteiger partial charge in [0.25, 0.3) is 0 Å². The number of likely N-dealkylation sites (tertiary alicyclic amines) is 1. The standard InChI is InChI=1S/C13H21N3O2S/c1-3-16-8-6-11(10-16)9-15-13-12(19(2,17)18)5-4-7-14-13/h4-5,7,11H,3,6,8-10H2,1-2H3,(H,14,15). The van der Waals surface area contributed by atoms with Gasteiger partial charge < -0.3 is 10.2 Å². The molecule has 106 valence electrons. The molecule has 0 bridgehead atoms. The third-order valence-corrected chi connectivity index (χ3v) is 4.67. The van der Waals surface area contributed by atoms with E-state index in [1.807, 2.05) is 0 Å². The highest BCUT2D eigenvalue weighted by Gasteiger charge is 2.22. The third kappa shape index (κ3) is 3.67. The fourth-order valence-electron chi connectivity index (χ4n) is 2.43. The van der Waals surface area contributed by atoms with E-state index in [0.717, 1.165) is 32.6 Å². The van der Waals surface area contributed by atoms with Crippen molar-refractivity contribution >= 4 is 15.7 Å². The van der Waals surface area contributed by atoms with Gasteiger partial charge in [0.05, 0.1) is 0 Å². The number of aromatic nitrogens is 1. The van der Waals surface area contributed by atoms with Gasteiger partial charge in [-0.3, -0.25) is 0 Å². The summed E-state index contributed by atoms with van der Waals surface area (Å²) in [5.41, 5.74) is 0. The van der Waals surface area contributed by atoms with Gasteiger partial charge in [0.15, 0.2) is 9.84 Å². The van der Waals surface area contributed by atoms with Gasteiger partial charge in [-0.2, -0.15) is 0 Å². The highest BCUT2D eigenvalue weighted by molar-refractivity contribution is 7.90. The van der Waals surface area contributed by atoms with Crippen LogP contribution in [0.4, 0.5) is 5.82 Å². The molecule has 19 heavy (non-hydrogen) atoms. The number of nitrogens with one attached hydrogen (secondary N) is 1. The fraction of sp³-hybridized carbons (Fsp3) is 0.615. The van der Waals surface area contributed by atoms with E-state index in [-0.39, 0.29) is 4.90 Å². The highest BCUT2D eigenvalue weighted by Crippen LogP contribution is 2.20. The molecule has 1 fully saturated rings. The lowest BCUT2D eigenvalue weighted by atomic mass is 10.1. The first kappa shape index (κ1) is 14.3. The molecule has 0 aromatic carbocycles. The molecule has 0 aliphatic carbocycles. The number of pyridine rings is 1. The summed E-state index contributed by atoms with van der Waals surface area (Å²) in [4.78, 5) is 6.82. The number of sulfone groups is 1. The van der Waals surface area contributed by atoms with Gasteiger partial charge in [-0.25, -0.2) is 13.4 Å². The Kier molecular flexibility index (Phi) is 4.42. The smallest absolute Gasteiger partial charge is 0.179 e. The molecule has 0 spiro atoms. The maximum atomic E-state index is 11.7. The van der Waals surface area contributed by atoms with E-state index in [0.29, 0.717) is 11.7 Å². The maximum absolute atomic E-state index is 11.7. The molecule has 5 nitrogen and oxygen atoms in total. The summed E-state index contributed by atoms with van der Waals surface area (Å²) in [5, 5.41) is 3.19. The Morgan fingerprint density at radius 2 is 2.32 bits per heavy atom. The van der Waals surface area contributed by atoms with Gasteiger partial charge in [0.1, 0.15) is 10.7 Å². The monoisotopic (exact) mass is 283 g/mol. The summed E-state index contributed by atoms with van der Waals surface area (Å²) in [7, 11) is -3.23. The molecule has 0 amide bonds. The van der Waals surface area contributed by atoms with Crippen molar-refractivity contribution in [1.29, 1.82) is 0 Å². The molecule has 1 unspecified atom stereocenters. The Morgan fingerprint density at radius 1 is 1.53 bits per heavy atom. The summed E-state index contributed by atoms with van der Waals surface area (Å²) in [6.45, 7) is 6.22. The van der Waals surface area contributed by atoms with E-state index in [9.17, 15) is 8.42 Å². The molecule has 1 aromatic rings. The number of hydrogen-bond donors (Lipinski definition) is 1. The van der Waals surface area contributed by atoms with E-state index in [4.69, 9.17) is 0 Å². The second kappa shape index (κ2) is 5.88. The Balaban J connectivity index is 2.01. The first-order chi connectivity index (χ1) is 9.00. The highest BCUT2D eigenvalue weighted by atomic mass is 32.2. The molecule has 6 heteroatoms. The topological polar surface area (TPSA) is 62.3 Å². The van der Waals surface area contributed by atoms with Crippen molar-refractivity contribution in [2.24, 2.45) is 5.92 Å². The SMILES string of the molecule is CCN1CCC(CNc2ncccc2S(C)(=O)=O)C1. The minimum atomic E-state index is -3.23. The van der Waals surface area contributed by atoms with Crippen LogP contribution in [0.1, 0.15) is 13.3 Å². The van der Waals surface area contributed by atoms with E-state index in [1.165, 1.54) is 6.26 Å². The average molecular weight is 283 g/mol. The Hall–Kier alpha value is -1.14. The Bertz CT molecular complexity index is 530. The van der Waals surface area contributed by atoms with Crippen LogP contribution in [0.2, 0.25) is 0 Å². The van der Waals surface area contributed by atoms with Crippen LogP contribution < -0.4 is 5.32 Å². The molecule has 1 aromatic heterocycles. The third-order valence-electron chi connectivity index (χ3n) is 3.55. The van der Waals surface area contributed by atoms with Gasteiger partial charge >= 0.3 is 0 Å². The van der Waals surface area contributed by atoms with Gasteiger partial charge in [-0.05, 0) is 37.6 Å². The average Bonchev–Trinajstić information content (AvgIpc) is 2.83. The molecule has 0 radical (unpaired) electrons. The molecule has 2 rings (SSSR count). The van der Waals surface area contributed by atoms with Crippen molar-refractivity contribution in [3.05, 3.63) is 18.3 Å². The molecule has 1 aliphatic heterocycles. The molecule has 0 saturated carbocycles. The van der Waals surface area contributed by atoms with Crippen LogP contribution in [0, 0.1) is 5.92 Å². The summed E-state index contributed by atoms with van der Waals surface area (Å²) in [6.07, 6.45) is 3.98. The zero-order valence-electron chi connectivity index (χ0n) is 11.5. The summed E-state index contributed by atoms with van der Waals surface area (Å²) < 4.78 is 23.3. The van der Waals surface area contributed by atoms with Crippen molar-refractivity contribution in [2.45, 2.75) is 18.2 Å². The second-order valence-corrected chi connectivity index (χ2v) is 7.04. The first-order valence-corrected chi connectivity index (χ1v) is 8.51. The molecule has 1 saturated heterocycles. The molecule has 1 aliphatic rings. The van der Waals surface area contributed by atoms with Gasteiger partial charge in [0.2, 0.25) is 0 Å². The number of nitrogens with zero attached hydrogens (tertiary/aromatic N) is 2. The predicted octanol–water partition coefficient (Wildman–Crippen LogP) is 1.24. The zero-order valence-corrected chi connectivity index (χ0v) is 12.3. The van der Waals surface area contributed by atoms with Crippen LogP contribution in [0.25, 0.3) is 0 Å². The lowest BCUT2D eigenvalue weighted by Gasteiger charge is -2.15. The minimum absolute atomic E-state index is 0.278. The molecule has 1 atom stereocenters. The van der Waals surface area contributed by atoms with Crippen LogP contribution in [-0.4, -0.2) is 50.7 Å². The lowest BCUT2D eigenvalue weighted by Crippen LogP contribution is -2.23.